The van der Waals surface area contributed by atoms with Crippen molar-refractivity contribution in [3.63, 3.8) is 0 Å². The highest BCUT2D eigenvalue weighted by atomic mass is 35.5. The summed E-state index contributed by atoms with van der Waals surface area (Å²) in [6, 6.07) is 11.8. The molecule has 1 aliphatic heterocycles. The highest BCUT2D eigenvalue weighted by Gasteiger charge is 2.33. The van der Waals surface area contributed by atoms with Crippen molar-refractivity contribution >= 4 is 57.9 Å². The smallest absolute Gasteiger partial charge is 0.320 e. The second-order valence-corrected chi connectivity index (χ2v) is 9.03. The van der Waals surface area contributed by atoms with Crippen molar-refractivity contribution in [1.29, 1.82) is 0 Å². The van der Waals surface area contributed by atoms with Gasteiger partial charge in [0, 0.05) is 28.0 Å². The predicted molar refractivity (Wildman–Crippen MR) is 123 cm³/mol. The molecule has 0 aliphatic carbocycles. The summed E-state index contributed by atoms with van der Waals surface area (Å²) in [5.41, 5.74) is 2.17. The average molecular weight is 476 g/mol. The van der Waals surface area contributed by atoms with E-state index < -0.39 is 0 Å². The number of benzene rings is 2. The third kappa shape index (κ3) is 4.98. The molecule has 1 fully saturated rings. The molecule has 0 bridgehead atoms. The number of aromatic nitrogens is 2. The van der Waals surface area contributed by atoms with Gasteiger partial charge < -0.3 is 15.5 Å². The number of amides is 3. The van der Waals surface area contributed by atoms with Crippen LogP contribution in [0.25, 0.3) is 0 Å². The van der Waals surface area contributed by atoms with Crippen LogP contribution in [0.3, 0.4) is 0 Å². The van der Waals surface area contributed by atoms with Gasteiger partial charge in [0.1, 0.15) is 5.01 Å². The van der Waals surface area contributed by atoms with Crippen LogP contribution in [0.4, 0.5) is 16.2 Å². The van der Waals surface area contributed by atoms with Gasteiger partial charge in [-0.25, -0.2) is 4.79 Å². The van der Waals surface area contributed by atoms with Gasteiger partial charge in [0.15, 0.2) is 0 Å². The predicted octanol–water partition coefficient (Wildman–Crippen LogP) is 5.77. The van der Waals surface area contributed by atoms with E-state index >= 15 is 0 Å². The van der Waals surface area contributed by atoms with Gasteiger partial charge in [0.05, 0.1) is 6.04 Å². The van der Waals surface area contributed by atoms with E-state index in [0.717, 1.165) is 18.4 Å². The maximum Gasteiger partial charge on any atom is 0.322 e. The standard InChI is InChI=1S/C21H19Cl2N5O2S/c1-12-7-8-14(23)11-16(12)25-21(30)28-9-3-6-17(28)19-26-27-20(31-19)18(29)24-15-5-2-4-13(22)10-15/h2,4-5,7-8,10-11,17H,3,6,9H2,1H3,(H,24,29)(H,25,30)/t17-/m1/s1. The molecule has 0 radical (unpaired) electrons. The minimum Gasteiger partial charge on any atom is -0.320 e. The molecule has 10 heteroatoms. The lowest BCUT2D eigenvalue weighted by molar-refractivity contribution is 0.102. The maximum absolute atomic E-state index is 12.9. The summed E-state index contributed by atoms with van der Waals surface area (Å²) in [4.78, 5) is 27.2. The Labute approximate surface area is 193 Å². The number of rotatable bonds is 4. The van der Waals surface area contributed by atoms with E-state index in [9.17, 15) is 9.59 Å². The summed E-state index contributed by atoms with van der Waals surface area (Å²) in [5.74, 6) is -0.366. The number of hydrogen-bond donors (Lipinski definition) is 2. The first-order valence-electron chi connectivity index (χ1n) is 9.65. The number of aryl methyl sites for hydroxylation is 1. The fraction of sp³-hybridized carbons (Fsp3) is 0.238. The number of carbonyl (C=O) groups excluding carboxylic acids is 2. The molecule has 1 aromatic heterocycles. The van der Waals surface area contributed by atoms with Crippen LogP contribution in [0.1, 0.15) is 39.3 Å². The van der Waals surface area contributed by atoms with Crippen LogP contribution in [0.5, 0.6) is 0 Å². The van der Waals surface area contributed by atoms with Crippen LogP contribution < -0.4 is 10.6 Å². The molecule has 2 N–H and O–H groups in total. The van der Waals surface area contributed by atoms with Gasteiger partial charge in [-0.3, -0.25) is 4.79 Å². The summed E-state index contributed by atoms with van der Waals surface area (Å²) in [5, 5.41) is 15.8. The van der Waals surface area contributed by atoms with Crippen LogP contribution in [0.15, 0.2) is 42.5 Å². The van der Waals surface area contributed by atoms with Crippen LogP contribution in [-0.2, 0) is 0 Å². The molecular formula is C21H19Cl2N5O2S. The zero-order chi connectivity index (χ0) is 22.0. The molecule has 0 saturated carbocycles. The number of nitrogens with zero attached hydrogens (tertiary/aromatic N) is 3. The van der Waals surface area contributed by atoms with Crippen LogP contribution in [0.2, 0.25) is 10.0 Å². The van der Waals surface area contributed by atoms with Gasteiger partial charge in [0.25, 0.3) is 5.91 Å². The number of nitrogens with one attached hydrogen (secondary N) is 2. The SMILES string of the molecule is Cc1ccc(Cl)cc1NC(=O)N1CCC[C@@H]1c1nnc(C(=O)Nc2cccc(Cl)c2)s1. The summed E-state index contributed by atoms with van der Waals surface area (Å²) in [6.07, 6.45) is 1.60. The Morgan fingerprint density at radius 1 is 1.10 bits per heavy atom. The van der Waals surface area contributed by atoms with E-state index in [1.54, 1.807) is 41.3 Å². The number of hydrogen-bond acceptors (Lipinski definition) is 5. The van der Waals surface area contributed by atoms with E-state index in [2.05, 4.69) is 20.8 Å². The molecule has 4 rings (SSSR count). The van der Waals surface area contributed by atoms with Crippen molar-refractivity contribution in [2.45, 2.75) is 25.8 Å². The van der Waals surface area contributed by atoms with E-state index in [1.165, 1.54) is 11.3 Å². The first kappa shape index (κ1) is 21.5. The maximum atomic E-state index is 12.9. The van der Waals surface area contributed by atoms with E-state index in [1.807, 2.05) is 13.0 Å². The van der Waals surface area contributed by atoms with Crippen molar-refractivity contribution in [3.8, 4) is 0 Å². The third-order valence-corrected chi connectivity index (χ3v) is 6.45. The van der Waals surface area contributed by atoms with Gasteiger partial charge in [-0.1, -0.05) is 46.7 Å². The first-order valence-corrected chi connectivity index (χ1v) is 11.2. The molecule has 0 spiro atoms. The van der Waals surface area contributed by atoms with Crippen LogP contribution in [-0.4, -0.2) is 33.6 Å². The van der Waals surface area contributed by atoms with E-state index in [0.29, 0.717) is 33.0 Å². The molecular weight excluding hydrogens is 457 g/mol. The number of likely N-dealkylation sites (tertiary alicyclic amines) is 1. The van der Waals surface area contributed by atoms with Crippen molar-refractivity contribution in [2.75, 3.05) is 17.2 Å². The highest BCUT2D eigenvalue weighted by Crippen LogP contribution is 2.34. The zero-order valence-electron chi connectivity index (χ0n) is 16.6. The first-order chi connectivity index (χ1) is 14.9. The minimum atomic E-state index is -0.366. The fourth-order valence-corrected chi connectivity index (χ4v) is 4.64. The van der Waals surface area contributed by atoms with Crippen molar-refractivity contribution < 1.29 is 9.59 Å². The lowest BCUT2D eigenvalue weighted by Crippen LogP contribution is -2.34. The Morgan fingerprint density at radius 3 is 2.71 bits per heavy atom. The molecule has 3 aromatic rings. The second-order valence-electron chi connectivity index (χ2n) is 7.15. The second kappa shape index (κ2) is 9.21. The van der Waals surface area contributed by atoms with Crippen LogP contribution >= 0.6 is 34.5 Å². The summed E-state index contributed by atoms with van der Waals surface area (Å²) in [7, 11) is 0. The number of urea groups is 1. The van der Waals surface area contributed by atoms with Crippen molar-refractivity contribution in [1.82, 2.24) is 15.1 Å². The molecule has 2 heterocycles. The summed E-state index contributed by atoms with van der Waals surface area (Å²) < 4.78 is 0. The summed E-state index contributed by atoms with van der Waals surface area (Å²) in [6.45, 7) is 2.50. The van der Waals surface area contributed by atoms with Gasteiger partial charge >= 0.3 is 6.03 Å². The van der Waals surface area contributed by atoms with E-state index in [-0.39, 0.29) is 23.0 Å². The Balaban J connectivity index is 1.46. The van der Waals surface area contributed by atoms with E-state index in [4.69, 9.17) is 23.2 Å². The van der Waals surface area contributed by atoms with Crippen LogP contribution in [0, 0.1) is 6.92 Å². The Kier molecular flexibility index (Phi) is 6.41. The van der Waals surface area contributed by atoms with Gasteiger partial charge in [0.2, 0.25) is 5.01 Å². The Hall–Kier alpha value is -2.68. The van der Waals surface area contributed by atoms with Gasteiger partial charge in [-0.15, -0.1) is 10.2 Å². The quantitative estimate of drug-likeness (QED) is 0.500. The normalized spacial score (nSPS) is 15.7. The van der Waals surface area contributed by atoms with Crippen molar-refractivity contribution in [3.05, 3.63) is 68.1 Å². The minimum absolute atomic E-state index is 0.229. The fourth-order valence-electron chi connectivity index (χ4n) is 3.39. The molecule has 1 aliphatic rings. The molecule has 31 heavy (non-hydrogen) atoms. The number of anilines is 2. The van der Waals surface area contributed by atoms with Crippen molar-refractivity contribution in [2.24, 2.45) is 0 Å². The molecule has 7 nitrogen and oxygen atoms in total. The highest BCUT2D eigenvalue weighted by molar-refractivity contribution is 7.13. The molecule has 1 atom stereocenters. The molecule has 0 unspecified atom stereocenters. The molecule has 1 saturated heterocycles. The third-order valence-electron chi connectivity index (χ3n) is 4.96. The summed E-state index contributed by atoms with van der Waals surface area (Å²) >= 11 is 13.2. The lowest BCUT2D eigenvalue weighted by atomic mass is 10.2. The lowest BCUT2D eigenvalue weighted by Gasteiger charge is -2.23. The van der Waals surface area contributed by atoms with Gasteiger partial charge in [-0.05, 0) is 55.7 Å². The molecule has 3 amide bonds. The zero-order valence-corrected chi connectivity index (χ0v) is 18.9. The molecule has 2 aromatic carbocycles. The number of carbonyl (C=O) groups is 2. The van der Waals surface area contributed by atoms with Gasteiger partial charge in [-0.2, -0.15) is 0 Å². The Bertz CT molecular complexity index is 1140. The largest absolute Gasteiger partial charge is 0.322 e. The topological polar surface area (TPSA) is 87.2 Å². The average Bonchev–Trinajstić information content (AvgIpc) is 3.40. The molecule has 160 valence electrons. The number of halogens is 2. The Morgan fingerprint density at radius 2 is 1.90 bits per heavy atom. The monoisotopic (exact) mass is 475 g/mol.